The first-order valence-electron chi connectivity index (χ1n) is 4.06. The molecule has 2 aromatic rings. The third kappa shape index (κ3) is 1.52. The molecule has 4 nitrogen and oxygen atoms in total. The number of rotatable bonds is 1. The molecule has 0 amide bonds. The molecule has 2 N–H and O–H groups in total. The highest BCUT2D eigenvalue weighted by Gasteiger charge is 2.18. The van der Waals surface area contributed by atoms with E-state index < -0.39 is 11.8 Å². The summed E-state index contributed by atoms with van der Waals surface area (Å²) < 4.78 is 18.5. The molecule has 0 saturated carbocycles. The summed E-state index contributed by atoms with van der Waals surface area (Å²) in [7, 11) is 1.19. The van der Waals surface area contributed by atoms with E-state index >= 15 is 0 Å². The molecule has 1 heterocycles. The topological polar surface area (TPSA) is 65.2 Å². The largest absolute Gasteiger partial charge is 0.465 e. The van der Waals surface area contributed by atoms with Gasteiger partial charge in [0.15, 0.2) is 5.13 Å². The van der Waals surface area contributed by atoms with E-state index in [0.29, 0.717) is 9.83 Å². The molecule has 0 aliphatic rings. The minimum Gasteiger partial charge on any atom is -0.465 e. The van der Waals surface area contributed by atoms with Crippen LogP contribution in [0.1, 0.15) is 10.4 Å². The standard InChI is InChI=1S/C9H7FN2O2S/c1-14-8(13)6-4(10)2-3-5-7(6)12-9(11)15-5/h2-3H,1H3,(H2,11,12). The molecule has 0 bridgehead atoms. The van der Waals surface area contributed by atoms with Crippen LogP contribution in [0.2, 0.25) is 0 Å². The fourth-order valence-corrected chi connectivity index (χ4v) is 2.03. The minimum absolute atomic E-state index is 0.164. The number of halogens is 1. The fraction of sp³-hybridized carbons (Fsp3) is 0.111. The van der Waals surface area contributed by atoms with Gasteiger partial charge in [-0.3, -0.25) is 0 Å². The van der Waals surface area contributed by atoms with Gasteiger partial charge in [-0.2, -0.15) is 0 Å². The number of hydrogen-bond donors (Lipinski definition) is 1. The van der Waals surface area contributed by atoms with E-state index in [1.54, 1.807) is 0 Å². The number of nitrogens with zero attached hydrogens (tertiary/aromatic N) is 1. The van der Waals surface area contributed by atoms with Crippen molar-refractivity contribution in [2.75, 3.05) is 12.8 Å². The lowest BCUT2D eigenvalue weighted by atomic mass is 10.2. The molecule has 15 heavy (non-hydrogen) atoms. The van der Waals surface area contributed by atoms with Crippen molar-refractivity contribution in [2.24, 2.45) is 0 Å². The number of anilines is 1. The van der Waals surface area contributed by atoms with Crippen molar-refractivity contribution in [1.29, 1.82) is 0 Å². The Morgan fingerprint density at radius 2 is 2.33 bits per heavy atom. The van der Waals surface area contributed by atoms with Crippen molar-refractivity contribution in [3.8, 4) is 0 Å². The van der Waals surface area contributed by atoms with Gasteiger partial charge in [0.05, 0.1) is 11.8 Å². The predicted molar refractivity (Wildman–Crippen MR) is 55.3 cm³/mol. The Hall–Kier alpha value is -1.69. The number of methoxy groups -OCH3 is 1. The number of nitrogen functional groups attached to an aromatic ring is 1. The van der Waals surface area contributed by atoms with Gasteiger partial charge in [-0.15, -0.1) is 0 Å². The van der Waals surface area contributed by atoms with Crippen LogP contribution in [0.4, 0.5) is 9.52 Å². The number of aromatic nitrogens is 1. The van der Waals surface area contributed by atoms with Crippen LogP contribution >= 0.6 is 11.3 Å². The lowest BCUT2D eigenvalue weighted by molar-refractivity contribution is 0.0598. The molecule has 78 valence electrons. The highest BCUT2D eigenvalue weighted by atomic mass is 32.1. The van der Waals surface area contributed by atoms with E-state index in [9.17, 15) is 9.18 Å². The lowest BCUT2D eigenvalue weighted by Gasteiger charge is -2.00. The molecular weight excluding hydrogens is 219 g/mol. The van der Waals surface area contributed by atoms with Gasteiger partial charge >= 0.3 is 5.97 Å². The molecule has 0 unspecified atom stereocenters. The van der Waals surface area contributed by atoms with Gasteiger partial charge in [0.25, 0.3) is 0 Å². The van der Waals surface area contributed by atoms with Crippen LogP contribution in [-0.2, 0) is 4.74 Å². The second kappa shape index (κ2) is 3.47. The van der Waals surface area contributed by atoms with Gasteiger partial charge in [-0.05, 0) is 12.1 Å². The number of benzene rings is 1. The number of carbonyl (C=O) groups is 1. The quantitative estimate of drug-likeness (QED) is 0.753. The summed E-state index contributed by atoms with van der Waals surface area (Å²) in [6.07, 6.45) is 0. The van der Waals surface area contributed by atoms with E-state index in [1.165, 1.54) is 30.6 Å². The number of esters is 1. The SMILES string of the molecule is COC(=O)c1c(F)ccc2sc(N)nc12. The summed E-state index contributed by atoms with van der Waals surface area (Å²) in [6, 6.07) is 2.73. The average Bonchev–Trinajstić information content (AvgIpc) is 2.57. The number of thiazole rings is 1. The number of carbonyl (C=O) groups excluding carboxylic acids is 1. The predicted octanol–water partition coefficient (Wildman–Crippen LogP) is 1.80. The first-order valence-corrected chi connectivity index (χ1v) is 4.88. The molecule has 0 saturated heterocycles. The number of nitrogens with two attached hydrogens (primary N) is 1. The summed E-state index contributed by atoms with van der Waals surface area (Å²) in [4.78, 5) is 15.2. The maximum absolute atomic E-state index is 13.4. The molecule has 1 aromatic heterocycles. The van der Waals surface area contributed by atoms with Crippen LogP contribution in [-0.4, -0.2) is 18.1 Å². The van der Waals surface area contributed by atoms with Crippen molar-refractivity contribution in [3.63, 3.8) is 0 Å². The van der Waals surface area contributed by atoms with Crippen molar-refractivity contribution in [3.05, 3.63) is 23.5 Å². The van der Waals surface area contributed by atoms with Gasteiger partial charge in [0.2, 0.25) is 0 Å². The fourth-order valence-electron chi connectivity index (χ4n) is 1.28. The summed E-state index contributed by atoms with van der Waals surface area (Å²) in [6.45, 7) is 0. The molecule has 0 aliphatic carbocycles. The molecular formula is C9H7FN2O2S. The third-order valence-electron chi connectivity index (χ3n) is 1.92. The van der Waals surface area contributed by atoms with E-state index in [0.717, 1.165) is 0 Å². The molecule has 1 aromatic carbocycles. The van der Waals surface area contributed by atoms with Crippen LogP contribution in [0.15, 0.2) is 12.1 Å². The molecule has 0 aliphatic heterocycles. The zero-order chi connectivity index (χ0) is 11.0. The van der Waals surface area contributed by atoms with Gasteiger partial charge in [0.1, 0.15) is 16.9 Å². The molecule has 0 fully saturated rings. The minimum atomic E-state index is -0.747. The van der Waals surface area contributed by atoms with Crippen LogP contribution in [0.3, 0.4) is 0 Å². The summed E-state index contributed by atoms with van der Waals surface area (Å²) in [5, 5.41) is 0.292. The highest BCUT2D eigenvalue weighted by Crippen LogP contribution is 2.28. The van der Waals surface area contributed by atoms with Crippen LogP contribution in [0.25, 0.3) is 10.2 Å². The second-order valence-corrected chi connectivity index (χ2v) is 3.88. The van der Waals surface area contributed by atoms with Gasteiger partial charge < -0.3 is 10.5 Å². The van der Waals surface area contributed by atoms with Crippen molar-refractivity contribution < 1.29 is 13.9 Å². The van der Waals surface area contributed by atoms with Crippen molar-refractivity contribution in [1.82, 2.24) is 4.98 Å². The Morgan fingerprint density at radius 3 is 3.00 bits per heavy atom. The summed E-state index contributed by atoms with van der Waals surface area (Å²) in [5.41, 5.74) is 5.57. The number of ether oxygens (including phenoxy) is 1. The Labute approximate surface area is 88.5 Å². The summed E-state index contributed by atoms with van der Waals surface area (Å²) >= 11 is 1.20. The summed E-state index contributed by atoms with van der Waals surface area (Å²) in [5.74, 6) is -1.40. The normalized spacial score (nSPS) is 10.5. The Morgan fingerprint density at radius 1 is 1.60 bits per heavy atom. The van der Waals surface area contributed by atoms with E-state index in [2.05, 4.69) is 9.72 Å². The Bertz CT molecular complexity index is 538. The van der Waals surface area contributed by atoms with Gasteiger partial charge in [-0.1, -0.05) is 11.3 Å². The first kappa shape index (κ1) is 9.85. The van der Waals surface area contributed by atoms with Crippen LogP contribution < -0.4 is 5.73 Å². The maximum Gasteiger partial charge on any atom is 0.343 e. The maximum atomic E-state index is 13.4. The monoisotopic (exact) mass is 226 g/mol. The number of hydrogen-bond acceptors (Lipinski definition) is 5. The Balaban J connectivity index is 2.78. The number of fused-ring (bicyclic) bond motifs is 1. The van der Waals surface area contributed by atoms with Crippen molar-refractivity contribution in [2.45, 2.75) is 0 Å². The zero-order valence-corrected chi connectivity index (χ0v) is 8.60. The molecule has 2 rings (SSSR count). The van der Waals surface area contributed by atoms with Crippen LogP contribution in [0, 0.1) is 5.82 Å². The Kier molecular flexibility index (Phi) is 2.28. The average molecular weight is 226 g/mol. The molecule has 0 radical (unpaired) electrons. The van der Waals surface area contributed by atoms with Gasteiger partial charge in [-0.25, -0.2) is 14.2 Å². The first-order chi connectivity index (χ1) is 7.13. The third-order valence-corrected chi connectivity index (χ3v) is 2.77. The van der Waals surface area contributed by atoms with E-state index in [4.69, 9.17) is 5.73 Å². The molecule has 6 heteroatoms. The second-order valence-electron chi connectivity index (χ2n) is 2.81. The molecule has 0 spiro atoms. The zero-order valence-electron chi connectivity index (χ0n) is 7.78. The highest BCUT2D eigenvalue weighted by molar-refractivity contribution is 7.22. The lowest BCUT2D eigenvalue weighted by Crippen LogP contribution is -2.05. The van der Waals surface area contributed by atoms with Gasteiger partial charge in [0, 0.05) is 0 Å². The van der Waals surface area contributed by atoms with E-state index in [-0.39, 0.29) is 11.1 Å². The van der Waals surface area contributed by atoms with Crippen LogP contribution in [0.5, 0.6) is 0 Å². The smallest absolute Gasteiger partial charge is 0.343 e. The van der Waals surface area contributed by atoms with Crippen molar-refractivity contribution >= 4 is 32.7 Å². The van der Waals surface area contributed by atoms with E-state index in [1.807, 2.05) is 0 Å². The molecule has 0 atom stereocenters.